The largest absolute Gasteiger partial charge is 0.320 e. The number of rotatable bonds is 6. The zero-order valence-electron chi connectivity index (χ0n) is 18.6. The quantitative estimate of drug-likeness (QED) is 0.749. The molecule has 1 spiro atoms. The van der Waals surface area contributed by atoms with Crippen LogP contribution in [0.3, 0.4) is 0 Å². The molecule has 0 radical (unpaired) electrons. The third-order valence-corrected chi connectivity index (χ3v) is 8.16. The van der Waals surface area contributed by atoms with Crippen LogP contribution in [0.1, 0.15) is 56.1 Å². The molecule has 2 saturated carbocycles. The lowest BCUT2D eigenvalue weighted by molar-refractivity contribution is 0.0584. The summed E-state index contributed by atoms with van der Waals surface area (Å²) >= 11 is 0. The third-order valence-electron chi connectivity index (χ3n) is 8.16. The fourth-order valence-electron chi connectivity index (χ4n) is 5.93. The third kappa shape index (κ3) is 3.73. The van der Waals surface area contributed by atoms with Gasteiger partial charge in [-0.3, -0.25) is 4.98 Å². The molecule has 5 rings (SSSR count). The van der Waals surface area contributed by atoms with E-state index in [0.29, 0.717) is 12.5 Å². The van der Waals surface area contributed by atoms with Gasteiger partial charge in [0, 0.05) is 37.6 Å². The van der Waals surface area contributed by atoms with Crippen molar-refractivity contribution in [2.24, 2.45) is 5.92 Å². The Morgan fingerprint density at radius 3 is 2.45 bits per heavy atom. The van der Waals surface area contributed by atoms with Gasteiger partial charge in [-0.1, -0.05) is 42.8 Å². The average molecular weight is 419 g/mol. The molecule has 1 saturated heterocycles. The normalized spacial score (nSPS) is 28.9. The van der Waals surface area contributed by atoms with Gasteiger partial charge in [-0.15, -0.1) is 0 Å². The Hall–Kier alpha value is -2.40. The number of nitrogens with one attached hydrogen (secondary N) is 1. The van der Waals surface area contributed by atoms with Crippen molar-refractivity contribution in [2.75, 3.05) is 20.1 Å². The maximum Gasteiger partial charge on any atom is 0.320 e. The molecule has 2 aromatic rings. The second-order valence-electron chi connectivity index (χ2n) is 9.83. The van der Waals surface area contributed by atoms with E-state index in [4.69, 9.17) is 0 Å². The summed E-state index contributed by atoms with van der Waals surface area (Å²) < 4.78 is 0. The van der Waals surface area contributed by atoms with Gasteiger partial charge in [0.25, 0.3) is 0 Å². The highest BCUT2D eigenvalue weighted by molar-refractivity contribution is 5.78. The molecule has 0 atom stereocenters. The van der Waals surface area contributed by atoms with E-state index in [9.17, 15) is 4.79 Å². The maximum absolute atomic E-state index is 13.6. The van der Waals surface area contributed by atoms with E-state index in [1.54, 1.807) is 6.20 Å². The maximum atomic E-state index is 13.6. The molecule has 1 aromatic carbocycles. The number of aromatic nitrogens is 1. The van der Waals surface area contributed by atoms with E-state index < -0.39 is 0 Å². The van der Waals surface area contributed by atoms with Crippen LogP contribution < -0.4 is 5.32 Å². The summed E-state index contributed by atoms with van der Waals surface area (Å²) in [4.78, 5) is 22.2. The Labute approximate surface area is 185 Å². The summed E-state index contributed by atoms with van der Waals surface area (Å²) in [6.07, 6.45) is 11.7. The molecule has 164 valence electrons. The fraction of sp³-hybridized carbons (Fsp3) is 0.538. The van der Waals surface area contributed by atoms with Gasteiger partial charge < -0.3 is 15.1 Å². The first-order valence-corrected chi connectivity index (χ1v) is 11.8. The smallest absolute Gasteiger partial charge is 0.318 e. The van der Waals surface area contributed by atoms with Crippen molar-refractivity contribution < 1.29 is 4.79 Å². The zero-order chi connectivity index (χ0) is 21.3. The number of nitrogens with zero attached hydrogens (tertiary/aromatic N) is 3. The van der Waals surface area contributed by atoms with E-state index in [1.165, 1.54) is 24.8 Å². The second-order valence-corrected chi connectivity index (χ2v) is 9.83. The monoisotopic (exact) mass is 418 g/mol. The Morgan fingerprint density at radius 1 is 1.06 bits per heavy atom. The Morgan fingerprint density at radius 2 is 1.84 bits per heavy atom. The minimum atomic E-state index is -0.0377. The van der Waals surface area contributed by atoms with Crippen molar-refractivity contribution in [3.05, 3.63) is 66.0 Å². The minimum Gasteiger partial charge on any atom is -0.318 e. The van der Waals surface area contributed by atoms with Gasteiger partial charge in [0.05, 0.1) is 5.54 Å². The number of pyridine rings is 1. The first kappa shape index (κ1) is 20.5. The first-order valence-electron chi connectivity index (χ1n) is 11.8. The molecule has 31 heavy (non-hydrogen) atoms. The van der Waals surface area contributed by atoms with Crippen molar-refractivity contribution in [3.8, 4) is 0 Å². The van der Waals surface area contributed by atoms with Crippen molar-refractivity contribution >= 4 is 6.03 Å². The SMILES string of the molecule is CN[C@]1(c2ccccc2)CC[C@]2(CC1)CN(Cc1cccnc1)C(=O)N2CC1CCC1. The van der Waals surface area contributed by atoms with Gasteiger partial charge in [0.15, 0.2) is 0 Å². The van der Waals surface area contributed by atoms with Gasteiger partial charge in [-0.05, 0) is 68.7 Å². The van der Waals surface area contributed by atoms with Gasteiger partial charge >= 0.3 is 6.03 Å². The van der Waals surface area contributed by atoms with Crippen LogP contribution in [0.5, 0.6) is 0 Å². The number of carbonyl (C=O) groups is 1. The Bertz CT molecular complexity index is 888. The van der Waals surface area contributed by atoms with Crippen LogP contribution in [0.15, 0.2) is 54.9 Å². The van der Waals surface area contributed by atoms with E-state index in [-0.39, 0.29) is 17.1 Å². The van der Waals surface area contributed by atoms with Crippen molar-refractivity contribution in [1.82, 2.24) is 20.1 Å². The molecular formula is C26H34N4O. The van der Waals surface area contributed by atoms with Gasteiger partial charge in [0.2, 0.25) is 0 Å². The number of hydrogen-bond donors (Lipinski definition) is 1. The molecule has 3 fully saturated rings. The molecule has 0 unspecified atom stereocenters. The molecule has 2 heterocycles. The second kappa shape index (κ2) is 8.27. The van der Waals surface area contributed by atoms with E-state index in [2.05, 4.69) is 63.5 Å². The molecular weight excluding hydrogens is 384 g/mol. The van der Waals surface area contributed by atoms with Crippen molar-refractivity contribution in [2.45, 2.75) is 62.6 Å². The molecule has 1 aliphatic heterocycles. The van der Waals surface area contributed by atoms with E-state index in [1.807, 2.05) is 12.3 Å². The highest BCUT2D eigenvalue weighted by Crippen LogP contribution is 2.47. The van der Waals surface area contributed by atoms with E-state index in [0.717, 1.165) is 44.3 Å². The molecule has 1 aromatic heterocycles. The number of amides is 2. The van der Waals surface area contributed by atoms with Crippen molar-refractivity contribution in [3.63, 3.8) is 0 Å². The van der Waals surface area contributed by atoms with Crippen LogP contribution in [0.2, 0.25) is 0 Å². The predicted octanol–water partition coefficient (Wildman–Crippen LogP) is 4.55. The summed E-state index contributed by atoms with van der Waals surface area (Å²) in [5, 5.41) is 3.65. The summed E-state index contributed by atoms with van der Waals surface area (Å²) in [6, 6.07) is 15.1. The summed E-state index contributed by atoms with van der Waals surface area (Å²) in [5.74, 6) is 0.685. The lowest BCUT2D eigenvalue weighted by Crippen LogP contribution is -2.56. The van der Waals surface area contributed by atoms with Crippen LogP contribution in [0.4, 0.5) is 4.79 Å². The average Bonchev–Trinajstić information content (AvgIpc) is 3.03. The van der Waals surface area contributed by atoms with Crippen LogP contribution in [-0.2, 0) is 12.1 Å². The number of hydrogen-bond acceptors (Lipinski definition) is 3. The number of carbonyl (C=O) groups excluding carboxylic acids is 1. The lowest BCUT2D eigenvalue weighted by atomic mass is 9.68. The summed E-state index contributed by atoms with van der Waals surface area (Å²) in [6.45, 7) is 2.42. The summed E-state index contributed by atoms with van der Waals surface area (Å²) in [7, 11) is 2.09. The molecule has 2 amide bonds. The molecule has 5 nitrogen and oxygen atoms in total. The highest BCUT2D eigenvalue weighted by atomic mass is 16.2. The standard InChI is InChI=1S/C26H34N4O/c1-27-26(23-10-3-2-4-11-23)14-12-25(13-15-26)20-29(18-22-9-6-16-28-17-22)24(31)30(25)19-21-7-5-8-21/h2-4,6,9-11,16-17,21,27H,5,7-8,12-15,18-20H2,1H3/t25-,26+. The van der Waals surface area contributed by atoms with Crippen molar-refractivity contribution in [1.29, 1.82) is 0 Å². The van der Waals surface area contributed by atoms with E-state index >= 15 is 0 Å². The van der Waals surface area contributed by atoms with Gasteiger partial charge in [0.1, 0.15) is 0 Å². The van der Waals surface area contributed by atoms with Gasteiger partial charge in [-0.25, -0.2) is 4.79 Å². The minimum absolute atomic E-state index is 0.00840. The Kier molecular flexibility index (Phi) is 5.47. The van der Waals surface area contributed by atoms with Gasteiger partial charge in [-0.2, -0.15) is 0 Å². The predicted molar refractivity (Wildman–Crippen MR) is 122 cm³/mol. The number of urea groups is 1. The molecule has 1 N–H and O–H groups in total. The molecule has 0 bridgehead atoms. The lowest BCUT2D eigenvalue weighted by Gasteiger charge is -2.49. The Balaban J connectivity index is 1.38. The summed E-state index contributed by atoms with van der Waals surface area (Å²) in [5.41, 5.74) is 2.45. The molecule has 3 aliphatic rings. The highest BCUT2D eigenvalue weighted by Gasteiger charge is 2.54. The topological polar surface area (TPSA) is 48.5 Å². The molecule has 2 aliphatic carbocycles. The van der Waals surface area contributed by atoms with Crippen LogP contribution in [-0.4, -0.2) is 46.5 Å². The van der Waals surface area contributed by atoms with Crippen LogP contribution in [0, 0.1) is 5.92 Å². The fourth-order valence-corrected chi connectivity index (χ4v) is 5.93. The zero-order valence-corrected chi connectivity index (χ0v) is 18.6. The number of benzene rings is 1. The van der Waals surface area contributed by atoms with Crippen LogP contribution >= 0.6 is 0 Å². The van der Waals surface area contributed by atoms with Crippen LogP contribution in [0.25, 0.3) is 0 Å². The first-order chi connectivity index (χ1) is 15.1. The molecule has 5 heteroatoms.